The summed E-state index contributed by atoms with van der Waals surface area (Å²) in [7, 11) is 0. The van der Waals surface area contributed by atoms with Crippen LogP contribution in [0.2, 0.25) is 0 Å². The summed E-state index contributed by atoms with van der Waals surface area (Å²) in [6.45, 7) is 9.73. The fourth-order valence-electron chi connectivity index (χ4n) is 2.92. The van der Waals surface area contributed by atoms with Crippen LogP contribution in [0.3, 0.4) is 0 Å². The van der Waals surface area contributed by atoms with Crippen LogP contribution in [0.15, 0.2) is 12.8 Å². The Bertz CT molecular complexity index is 198. The van der Waals surface area contributed by atoms with Crippen molar-refractivity contribution in [2.24, 2.45) is 5.41 Å². The van der Waals surface area contributed by atoms with E-state index in [2.05, 4.69) is 18.4 Å². The molecule has 0 radical (unpaired) electrons. The van der Waals surface area contributed by atoms with E-state index in [1.54, 1.807) is 6.26 Å². The van der Waals surface area contributed by atoms with Gasteiger partial charge in [-0.25, -0.2) is 0 Å². The molecule has 2 rings (SSSR count). The van der Waals surface area contributed by atoms with Gasteiger partial charge in [0, 0.05) is 13.1 Å². The maximum absolute atomic E-state index is 5.45. The van der Waals surface area contributed by atoms with Crippen molar-refractivity contribution in [3.63, 3.8) is 0 Å². The second-order valence-electron chi connectivity index (χ2n) is 4.81. The zero-order chi connectivity index (χ0) is 10.0. The molecule has 2 fully saturated rings. The van der Waals surface area contributed by atoms with Crippen molar-refractivity contribution in [3.8, 4) is 0 Å². The summed E-state index contributed by atoms with van der Waals surface area (Å²) in [4.78, 5) is 2.54. The second-order valence-corrected chi connectivity index (χ2v) is 4.81. The molecule has 1 aliphatic carbocycles. The molecule has 1 saturated heterocycles. The molecule has 1 spiro atoms. The van der Waals surface area contributed by atoms with Crippen molar-refractivity contribution in [2.75, 3.05) is 19.6 Å². The van der Waals surface area contributed by atoms with Gasteiger partial charge in [-0.3, -0.25) is 0 Å². The van der Waals surface area contributed by atoms with Gasteiger partial charge in [-0.2, -0.15) is 0 Å². The fraction of sp³-hybridized carbons (Fsp3) is 0.833. The van der Waals surface area contributed by atoms with Gasteiger partial charge in [0.25, 0.3) is 0 Å². The van der Waals surface area contributed by atoms with Crippen molar-refractivity contribution in [3.05, 3.63) is 12.8 Å². The highest BCUT2D eigenvalue weighted by atomic mass is 16.5. The lowest BCUT2D eigenvalue weighted by Crippen LogP contribution is -2.57. The average Bonchev–Trinajstić information content (AvgIpc) is 2.16. The largest absolute Gasteiger partial charge is 0.499 e. The Hall–Kier alpha value is -0.500. The van der Waals surface area contributed by atoms with Gasteiger partial charge < -0.3 is 9.64 Å². The number of rotatable bonds is 3. The van der Waals surface area contributed by atoms with Crippen LogP contribution >= 0.6 is 0 Å². The third kappa shape index (κ3) is 1.81. The molecule has 2 aliphatic rings. The van der Waals surface area contributed by atoms with Gasteiger partial charge in [0.1, 0.15) is 0 Å². The Balaban J connectivity index is 1.77. The van der Waals surface area contributed by atoms with Crippen molar-refractivity contribution in [1.29, 1.82) is 0 Å². The average molecular weight is 195 g/mol. The third-order valence-corrected chi connectivity index (χ3v) is 3.85. The quantitative estimate of drug-likeness (QED) is 0.641. The minimum Gasteiger partial charge on any atom is -0.499 e. The predicted octanol–water partition coefficient (Wildman–Crippen LogP) is 2.41. The number of hydrogen-bond donors (Lipinski definition) is 0. The van der Waals surface area contributed by atoms with Gasteiger partial charge >= 0.3 is 0 Å². The highest BCUT2D eigenvalue weighted by Crippen LogP contribution is 2.44. The maximum Gasteiger partial charge on any atom is 0.0978 e. The Morgan fingerprint density at radius 3 is 2.57 bits per heavy atom. The summed E-state index contributed by atoms with van der Waals surface area (Å²) in [6, 6.07) is 0. The first-order valence-electron chi connectivity index (χ1n) is 5.77. The van der Waals surface area contributed by atoms with Crippen molar-refractivity contribution in [2.45, 2.75) is 38.7 Å². The molecule has 0 amide bonds. The predicted molar refractivity (Wildman–Crippen MR) is 58.1 cm³/mol. The molecule has 1 heterocycles. The molecule has 0 aromatic carbocycles. The fourth-order valence-corrected chi connectivity index (χ4v) is 2.92. The Morgan fingerprint density at radius 2 is 2.07 bits per heavy atom. The molecular weight excluding hydrogens is 174 g/mol. The second kappa shape index (κ2) is 3.93. The van der Waals surface area contributed by atoms with Gasteiger partial charge in [0.05, 0.1) is 12.4 Å². The molecule has 0 N–H and O–H groups in total. The van der Waals surface area contributed by atoms with Crippen LogP contribution in [0.4, 0.5) is 0 Å². The van der Waals surface area contributed by atoms with Gasteiger partial charge in [0.15, 0.2) is 0 Å². The summed E-state index contributed by atoms with van der Waals surface area (Å²) >= 11 is 0. The highest BCUT2D eigenvalue weighted by molar-refractivity contribution is 4.97. The summed E-state index contributed by atoms with van der Waals surface area (Å²) in [6.07, 6.45) is 7.20. The molecule has 2 nitrogen and oxygen atoms in total. The minimum atomic E-state index is 0.453. The maximum atomic E-state index is 5.45. The molecule has 0 aromatic heterocycles. The minimum absolute atomic E-state index is 0.453. The first-order chi connectivity index (χ1) is 6.78. The third-order valence-electron chi connectivity index (χ3n) is 3.85. The number of ether oxygens (including phenoxy) is 1. The monoisotopic (exact) mass is 195 g/mol. The summed E-state index contributed by atoms with van der Waals surface area (Å²) < 4.78 is 5.45. The van der Waals surface area contributed by atoms with Crippen LogP contribution < -0.4 is 0 Å². The number of hydrogen-bond acceptors (Lipinski definition) is 2. The van der Waals surface area contributed by atoms with E-state index in [9.17, 15) is 0 Å². The van der Waals surface area contributed by atoms with E-state index in [1.165, 1.54) is 45.3 Å². The Kier molecular flexibility index (Phi) is 2.82. The van der Waals surface area contributed by atoms with Crippen molar-refractivity contribution < 1.29 is 4.74 Å². The van der Waals surface area contributed by atoms with Gasteiger partial charge in [-0.1, -0.05) is 13.5 Å². The zero-order valence-electron chi connectivity index (χ0n) is 9.17. The topological polar surface area (TPSA) is 12.5 Å². The first-order valence-corrected chi connectivity index (χ1v) is 5.77. The van der Waals surface area contributed by atoms with E-state index in [-0.39, 0.29) is 0 Å². The van der Waals surface area contributed by atoms with Crippen LogP contribution in [0.1, 0.15) is 32.6 Å². The van der Waals surface area contributed by atoms with Gasteiger partial charge in [-0.15, -0.1) is 0 Å². The van der Waals surface area contributed by atoms with E-state index in [0.717, 1.165) is 0 Å². The molecule has 1 aliphatic heterocycles. The molecule has 0 bridgehead atoms. The molecule has 80 valence electrons. The van der Waals surface area contributed by atoms with E-state index in [1.807, 2.05) is 0 Å². The normalized spacial score (nSPS) is 27.2. The van der Waals surface area contributed by atoms with E-state index in [4.69, 9.17) is 4.74 Å². The van der Waals surface area contributed by atoms with Crippen molar-refractivity contribution in [1.82, 2.24) is 4.90 Å². The summed E-state index contributed by atoms with van der Waals surface area (Å²) in [5.74, 6) is 0. The van der Waals surface area contributed by atoms with Crippen LogP contribution in [-0.2, 0) is 4.74 Å². The lowest BCUT2D eigenvalue weighted by molar-refractivity contribution is -0.0532. The molecule has 0 aromatic rings. The zero-order valence-corrected chi connectivity index (χ0v) is 9.17. The van der Waals surface area contributed by atoms with Crippen LogP contribution in [-0.4, -0.2) is 30.6 Å². The van der Waals surface area contributed by atoms with Crippen LogP contribution in [0, 0.1) is 5.41 Å². The lowest BCUT2D eigenvalue weighted by atomic mass is 9.68. The molecule has 0 atom stereocenters. The number of likely N-dealkylation sites (tertiary alicyclic amines) is 1. The Morgan fingerprint density at radius 1 is 1.43 bits per heavy atom. The first kappa shape index (κ1) is 10.0. The van der Waals surface area contributed by atoms with E-state index >= 15 is 0 Å². The van der Waals surface area contributed by atoms with E-state index < -0.39 is 0 Å². The molecule has 2 heteroatoms. The molecule has 0 unspecified atom stereocenters. The Labute approximate surface area is 86.9 Å². The molecule has 1 saturated carbocycles. The van der Waals surface area contributed by atoms with Crippen LogP contribution in [0.25, 0.3) is 0 Å². The lowest BCUT2D eigenvalue weighted by Gasteiger charge is -2.53. The van der Waals surface area contributed by atoms with E-state index in [0.29, 0.717) is 11.5 Å². The SMILES string of the molecule is C=COC1CCC2(CC1)CN(CC)C2. The molecule has 14 heavy (non-hydrogen) atoms. The van der Waals surface area contributed by atoms with Gasteiger partial charge in [-0.05, 0) is 37.6 Å². The number of nitrogens with zero attached hydrogens (tertiary/aromatic N) is 1. The smallest absolute Gasteiger partial charge is 0.0978 e. The molecular formula is C12H21NO. The van der Waals surface area contributed by atoms with Crippen molar-refractivity contribution >= 4 is 0 Å². The summed E-state index contributed by atoms with van der Waals surface area (Å²) in [5, 5.41) is 0. The van der Waals surface area contributed by atoms with Crippen LogP contribution in [0.5, 0.6) is 0 Å². The standard InChI is InChI=1S/C12H21NO/c1-3-13-9-12(10-13)7-5-11(6-8-12)14-4-2/h4,11H,2-3,5-10H2,1H3. The summed E-state index contributed by atoms with van der Waals surface area (Å²) in [5.41, 5.74) is 0.664. The van der Waals surface area contributed by atoms with Gasteiger partial charge in [0.2, 0.25) is 0 Å². The highest BCUT2D eigenvalue weighted by Gasteiger charge is 2.44.